The lowest BCUT2D eigenvalue weighted by Crippen LogP contribution is -2.37. The third-order valence-electron chi connectivity index (χ3n) is 4.77. The standard InChI is InChI=1S/C20H26N6O2S/c1-13(2)17-21-18(28-24-17)15(4)29-20-23-22-19(25-8-10-27-11-9-25)26(20)16-7-5-6-14(3)12-16/h5-7,12-13,15H,8-11H2,1-4H3. The van der Waals surface area contributed by atoms with E-state index in [2.05, 4.69) is 74.8 Å². The molecule has 0 amide bonds. The summed E-state index contributed by atoms with van der Waals surface area (Å²) in [7, 11) is 0. The maximum Gasteiger partial charge on any atom is 0.239 e. The molecule has 1 unspecified atom stereocenters. The van der Waals surface area contributed by atoms with Gasteiger partial charge in [0, 0.05) is 19.0 Å². The predicted octanol–water partition coefficient (Wildman–Crippen LogP) is 3.77. The average Bonchev–Trinajstić information content (AvgIpc) is 3.36. The van der Waals surface area contributed by atoms with E-state index in [1.807, 2.05) is 6.92 Å². The number of rotatable bonds is 6. The molecule has 0 aliphatic carbocycles. The number of aryl methyl sites for hydroxylation is 1. The van der Waals surface area contributed by atoms with Gasteiger partial charge in [-0.05, 0) is 31.5 Å². The molecule has 29 heavy (non-hydrogen) atoms. The van der Waals surface area contributed by atoms with Gasteiger partial charge in [0.2, 0.25) is 11.8 Å². The summed E-state index contributed by atoms with van der Waals surface area (Å²) >= 11 is 1.57. The molecule has 1 atom stereocenters. The molecule has 0 spiro atoms. The van der Waals surface area contributed by atoms with Crippen LogP contribution in [0.1, 0.15) is 49.2 Å². The molecule has 1 aliphatic rings. The maximum absolute atomic E-state index is 5.50. The number of anilines is 1. The van der Waals surface area contributed by atoms with Crippen molar-refractivity contribution in [2.24, 2.45) is 0 Å². The van der Waals surface area contributed by atoms with Crippen molar-refractivity contribution < 1.29 is 9.26 Å². The summed E-state index contributed by atoms with van der Waals surface area (Å²) in [5.74, 6) is 2.39. The summed E-state index contributed by atoms with van der Waals surface area (Å²) in [5.41, 5.74) is 2.23. The Bertz CT molecular complexity index is 964. The van der Waals surface area contributed by atoms with Crippen molar-refractivity contribution in [3.8, 4) is 5.69 Å². The Morgan fingerprint density at radius 2 is 1.90 bits per heavy atom. The van der Waals surface area contributed by atoms with Crippen molar-refractivity contribution >= 4 is 17.7 Å². The largest absolute Gasteiger partial charge is 0.378 e. The van der Waals surface area contributed by atoms with Crippen LogP contribution in [0.5, 0.6) is 0 Å². The summed E-state index contributed by atoms with van der Waals surface area (Å²) in [5, 5.41) is 13.9. The number of aromatic nitrogens is 5. The van der Waals surface area contributed by atoms with Gasteiger partial charge in [0.15, 0.2) is 11.0 Å². The van der Waals surface area contributed by atoms with Crippen LogP contribution in [0.2, 0.25) is 0 Å². The minimum atomic E-state index is -0.0414. The SMILES string of the molecule is Cc1cccc(-n2c(SC(C)c3nc(C(C)C)no3)nnc2N2CCOCC2)c1. The van der Waals surface area contributed by atoms with Crippen LogP contribution in [-0.2, 0) is 4.74 Å². The Kier molecular flexibility index (Phi) is 5.86. The van der Waals surface area contributed by atoms with Gasteiger partial charge in [0.1, 0.15) is 0 Å². The lowest BCUT2D eigenvalue weighted by Gasteiger charge is -2.28. The second-order valence-corrected chi connectivity index (χ2v) is 8.77. The van der Waals surface area contributed by atoms with Crippen molar-refractivity contribution in [3.05, 3.63) is 41.5 Å². The fourth-order valence-corrected chi connectivity index (χ4v) is 4.05. The third-order valence-corrected chi connectivity index (χ3v) is 5.80. The van der Waals surface area contributed by atoms with E-state index in [0.717, 1.165) is 35.7 Å². The van der Waals surface area contributed by atoms with E-state index >= 15 is 0 Å². The van der Waals surface area contributed by atoms with Crippen molar-refractivity contribution in [2.45, 2.75) is 44.0 Å². The molecule has 1 fully saturated rings. The highest BCUT2D eigenvalue weighted by molar-refractivity contribution is 7.99. The molecular weight excluding hydrogens is 388 g/mol. The zero-order valence-corrected chi connectivity index (χ0v) is 18.0. The first kappa shape index (κ1) is 19.9. The lowest BCUT2D eigenvalue weighted by molar-refractivity contribution is 0.122. The van der Waals surface area contributed by atoms with E-state index in [1.165, 1.54) is 5.56 Å². The number of ether oxygens (including phenoxy) is 1. The van der Waals surface area contributed by atoms with Crippen molar-refractivity contribution in [1.82, 2.24) is 24.9 Å². The third kappa shape index (κ3) is 4.30. The van der Waals surface area contributed by atoms with Gasteiger partial charge >= 0.3 is 0 Å². The van der Waals surface area contributed by atoms with Crippen LogP contribution < -0.4 is 4.90 Å². The minimum Gasteiger partial charge on any atom is -0.378 e. The Labute approximate surface area is 174 Å². The molecular formula is C20H26N6O2S. The number of benzene rings is 1. The van der Waals surface area contributed by atoms with Gasteiger partial charge in [0.25, 0.3) is 0 Å². The fraction of sp³-hybridized carbons (Fsp3) is 0.500. The summed E-state index contributed by atoms with van der Waals surface area (Å²) in [6.07, 6.45) is 0. The Morgan fingerprint density at radius 3 is 2.59 bits per heavy atom. The van der Waals surface area contributed by atoms with Gasteiger partial charge in [-0.2, -0.15) is 4.98 Å². The van der Waals surface area contributed by atoms with Crippen LogP contribution in [0.25, 0.3) is 5.69 Å². The molecule has 0 bridgehead atoms. The topological polar surface area (TPSA) is 82.1 Å². The van der Waals surface area contributed by atoms with Gasteiger partial charge in [-0.25, -0.2) is 0 Å². The summed E-state index contributed by atoms with van der Waals surface area (Å²) in [4.78, 5) is 6.76. The molecule has 1 aliphatic heterocycles. The molecule has 1 saturated heterocycles. The second-order valence-electron chi connectivity index (χ2n) is 7.46. The quantitative estimate of drug-likeness (QED) is 0.564. The van der Waals surface area contributed by atoms with Crippen LogP contribution in [0.15, 0.2) is 33.9 Å². The molecule has 0 radical (unpaired) electrons. The van der Waals surface area contributed by atoms with Gasteiger partial charge < -0.3 is 14.2 Å². The van der Waals surface area contributed by atoms with Crippen molar-refractivity contribution in [1.29, 1.82) is 0 Å². The minimum absolute atomic E-state index is 0.0414. The molecule has 154 valence electrons. The Morgan fingerprint density at radius 1 is 1.10 bits per heavy atom. The smallest absolute Gasteiger partial charge is 0.239 e. The molecule has 0 saturated carbocycles. The van der Waals surface area contributed by atoms with E-state index in [9.17, 15) is 0 Å². The van der Waals surface area contributed by atoms with Gasteiger partial charge in [0.05, 0.1) is 24.2 Å². The number of morpholine rings is 1. The molecule has 3 heterocycles. The molecule has 8 nitrogen and oxygen atoms in total. The van der Waals surface area contributed by atoms with E-state index < -0.39 is 0 Å². The highest BCUT2D eigenvalue weighted by atomic mass is 32.2. The number of thioether (sulfide) groups is 1. The van der Waals surface area contributed by atoms with Crippen LogP contribution in [0.4, 0.5) is 5.95 Å². The predicted molar refractivity (Wildman–Crippen MR) is 112 cm³/mol. The van der Waals surface area contributed by atoms with E-state index in [4.69, 9.17) is 9.26 Å². The number of nitrogens with zero attached hydrogens (tertiary/aromatic N) is 6. The van der Waals surface area contributed by atoms with E-state index in [1.54, 1.807) is 11.8 Å². The average molecular weight is 415 g/mol. The normalized spacial score (nSPS) is 15.8. The van der Waals surface area contributed by atoms with Crippen LogP contribution in [0, 0.1) is 6.92 Å². The summed E-state index contributed by atoms with van der Waals surface area (Å²) in [6.45, 7) is 11.2. The van der Waals surface area contributed by atoms with Crippen LogP contribution in [0.3, 0.4) is 0 Å². The van der Waals surface area contributed by atoms with Gasteiger partial charge in [-0.15, -0.1) is 10.2 Å². The van der Waals surface area contributed by atoms with Gasteiger partial charge in [-0.1, -0.05) is 42.9 Å². The lowest BCUT2D eigenvalue weighted by atomic mass is 10.2. The molecule has 4 rings (SSSR count). The van der Waals surface area contributed by atoms with E-state index in [-0.39, 0.29) is 11.2 Å². The highest BCUT2D eigenvalue weighted by Crippen LogP contribution is 2.36. The number of hydrogen-bond acceptors (Lipinski definition) is 8. The Balaban J connectivity index is 1.67. The molecule has 9 heteroatoms. The second kappa shape index (κ2) is 8.54. The van der Waals surface area contributed by atoms with E-state index in [0.29, 0.717) is 19.1 Å². The fourth-order valence-electron chi connectivity index (χ4n) is 3.16. The maximum atomic E-state index is 5.50. The van der Waals surface area contributed by atoms with Gasteiger partial charge in [-0.3, -0.25) is 4.57 Å². The molecule has 1 aromatic carbocycles. The van der Waals surface area contributed by atoms with Crippen LogP contribution >= 0.6 is 11.8 Å². The first-order valence-electron chi connectivity index (χ1n) is 9.88. The number of hydrogen-bond donors (Lipinski definition) is 0. The highest BCUT2D eigenvalue weighted by Gasteiger charge is 2.25. The van der Waals surface area contributed by atoms with Crippen LogP contribution in [-0.4, -0.2) is 51.2 Å². The zero-order chi connectivity index (χ0) is 20.4. The zero-order valence-electron chi connectivity index (χ0n) is 17.2. The van der Waals surface area contributed by atoms with Crippen molar-refractivity contribution in [2.75, 3.05) is 31.2 Å². The summed E-state index contributed by atoms with van der Waals surface area (Å²) in [6, 6.07) is 8.37. The summed E-state index contributed by atoms with van der Waals surface area (Å²) < 4.78 is 13.1. The monoisotopic (exact) mass is 414 g/mol. The molecule has 2 aromatic heterocycles. The van der Waals surface area contributed by atoms with Crippen molar-refractivity contribution in [3.63, 3.8) is 0 Å². The first-order chi connectivity index (χ1) is 14.0. The Hall–Kier alpha value is -2.39. The first-order valence-corrected chi connectivity index (χ1v) is 10.8. The molecule has 0 N–H and O–H groups in total. The molecule has 3 aromatic rings.